The number of carboxylic acid groups (broad SMARTS) is 1. The summed E-state index contributed by atoms with van der Waals surface area (Å²) in [7, 11) is 1.43. The Labute approximate surface area is 198 Å². The Morgan fingerprint density at radius 3 is 2.29 bits per heavy atom. The molecule has 0 radical (unpaired) electrons. The van der Waals surface area contributed by atoms with Gasteiger partial charge in [0.25, 0.3) is 5.91 Å². The molecule has 0 saturated carbocycles. The summed E-state index contributed by atoms with van der Waals surface area (Å²) in [5.74, 6) is -1.19. The van der Waals surface area contributed by atoms with Gasteiger partial charge in [0.2, 0.25) is 0 Å². The van der Waals surface area contributed by atoms with E-state index < -0.39 is 23.6 Å². The first-order valence-electron chi connectivity index (χ1n) is 11.5. The molecule has 1 saturated heterocycles. The molecule has 8 heteroatoms. The molecule has 1 aliphatic heterocycles. The van der Waals surface area contributed by atoms with Gasteiger partial charge >= 0.3 is 12.1 Å². The van der Waals surface area contributed by atoms with Gasteiger partial charge in [-0.25, -0.2) is 4.79 Å². The number of rotatable bonds is 8. The number of methoxy groups -OCH3 is 1. The van der Waals surface area contributed by atoms with Gasteiger partial charge in [-0.15, -0.1) is 0 Å². The fourth-order valence-electron chi connectivity index (χ4n) is 4.82. The topological polar surface area (TPSA) is 105 Å². The van der Waals surface area contributed by atoms with Crippen LogP contribution in [0.4, 0.5) is 4.79 Å². The van der Waals surface area contributed by atoms with Crippen molar-refractivity contribution in [1.29, 1.82) is 0 Å². The summed E-state index contributed by atoms with van der Waals surface area (Å²) in [4.78, 5) is 38.1. The third-order valence-electron chi connectivity index (χ3n) is 6.88. The van der Waals surface area contributed by atoms with Crippen LogP contribution in [0.25, 0.3) is 11.1 Å². The Bertz CT molecular complexity index is 1040. The summed E-state index contributed by atoms with van der Waals surface area (Å²) in [5.41, 5.74) is 3.66. The third kappa shape index (κ3) is 4.63. The summed E-state index contributed by atoms with van der Waals surface area (Å²) in [6.07, 6.45) is -0.642. The standard InChI is InChI=1S/C26H30N2O6/c1-26(24(30)31)12-14-28(16-26)23(29)22(33-2)11-13-27-25(32)34-15-21-19-9-5-3-7-17(19)18-8-4-6-10-20(18)21/h3-10,21-22H,11-16H2,1-2H3,(H,27,32)(H,30,31). The number of carbonyl (C=O) groups is 3. The first-order valence-corrected chi connectivity index (χ1v) is 11.5. The van der Waals surface area contributed by atoms with Gasteiger partial charge in [0.15, 0.2) is 0 Å². The van der Waals surface area contributed by atoms with Crippen molar-refractivity contribution in [3.63, 3.8) is 0 Å². The molecule has 180 valence electrons. The number of amides is 2. The highest BCUT2D eigenvalue weighted by Gasteiger charge is 2.43. The molecule has 2 unspecified atom stereocenters. The zero-order valence-corrected chi connectivity index (χ0v) is 19.5. The lowest BCUT2D eigenvalue weighted by molar-refractivity contribution is -0.148. The monoisotopic (exact) mass is 466 g/mol. The largest absolute Gasteiger partial charge is 0.481 e. The zero-order chi connectivity index (χ0) is 24.3. The first kappa shape index (κ1) is 23.8. The van der Waals surface area contributed by atoms with Crippen LogP contribution in [0.1, 0.15) is 36.8 Å². The molecule has 2 aromatic rings. The molecule has 2 N–H and O–H groups in total. The van der Waals surface area contributed by atoms with Crippen molar-refractivity contribution in [3.8, 4) is 11.1 Å². The second-order valence-electron chi connectivity index (χ2n) is 9.14. The van der Waals surface area contributed by atoms with E-state index in [2.05, 4.69) is 29.6 Å². The maximum absolute atomic E-state index is 12.8. The summed E-state index contributed by atoms with van der Waals surface area (Å²) in [6.45, 7) is 2.59. The van der Waals surface area contributed by atoms with E-state index in [1.165, 1.54) is 12.0 Å². The molecule has 0 aromatic heterocycles. The predicted molar refractivity (Wildman–Crippen MR) is 125 cm³/mol. The second-order valence-corrected chi connectivity index (χ2v) is 9.14. The minimum absolute atomic E-state index is 0.0230. The van der Waals surface area contributed by atoms with E-state index in [9.17, 15) is 19.5 Å². The van der Waals surface area contributed by atoms with Crippen LogP contribution in [0.3, 0.4) is 0 Å². The van der Waals surface area contributed by atoms with Gasteiger partial charge < -0.3 is 24.8 Å². The zero-order valence-electron chi connectivity index (χ0n) is 19.5. The number of aliphatic carboxylic acids is 1. The summed E-state index contributed by atoms with van der Waals surface area (Å²) in [5, 5.41) is 12.1. The van der Waals surface area contributed by atoms with E-state index in [0.717, 1.165) is 22.3 Å². The van der Waals surface area contributed by atoms with E-state index in [4.69, 9.17) is 9.47 Å². The SMILES string of the molecule is COC(CCNC(=O)OCC1c2ccccc2-c2ccccc21)C(=O)N1CCC(C)(C(=O)O)C1. The number of carboxylic acids is 1. The quantitative estimate of drug-likeness (QED) is 0.619. The number of nitrogens with one attached hydrogen (secondary N) is 1. The van der Waals surface area contributed by atoms with Gasteiger partial charge in [0.1, 0.15) is 12.7 Å². The molecule has 2 aliphatic rings. The van der Waals surface area contributed by atoms with Crippen LogP contribution >= 0.6 is 0 Å². The minimum Gasteiger partial charge on any atom is -0.481 e. The number of carbonyl (C=O) groups excluding carboxylic acids is 2. The van der Waals surface area contributed by atoms with Crippen LogP contribution in [-0.4, -0.2) is 67.4 Å². The van der Waals surface area contributed by atoms with Gasteiger partial charge in [-0.3, -0.25) is 9.59 Å². The molecular weight excluding hydrogens is 436 g/mol. The van der Waals surface area contributed by atoms with Gasteiger partial charge in [-0.05, 0) is 35.6 Å². The van der Waals surface area contributed by atoms with E-state index in [1.54, 1.807) is 6.92 Å². The smallest absolute Gasteiger partial charge is 0.407 e. The van der Waals surface area contributed by atoms with Gasteiger partial charge in [-0.1, -0.05) is 48.5 Å². The van der Waals surface area contributed by atoms with Gasteiger partial charge in [0, 0.05) is 39.1 Å². The van der Waals surface area contributed by atoms with Crippen LogP contribution in [0.15, 0.2) is 48.5 Å². The van der Waals surface area contributed by atoms with E-state index >= 15 is 0 Å². The molecule has 2 amide bonds. The maximum atomic E-state index is 12.8. The average Bonchev–Trinajstić information content (AvgIpc) is 3.40. The van der Waals surface area contributed by atoms with Crippen molar-refractivity contribution in [2.24, 2.45) is 5.41 Å². The molecule has 8 nitrogen and oxygen atoms in total. The molecule has 2 aromatic carbocycles. The lowest BCUT2D eigenvalue weighted by Crippen LogP contribution is -2.42. The summed E-state index contributed by atoms with van der Waals surface area (Å²) in [6, 6.07) is 16.3. The number of ether oxygens (including phenoxy) is 2. The number of hydrogen-bond donors (Lipinski definition) is 2. The van der Waals surface area contributed by atoms with Gasteiger partial charge in [0.05, 0.1) is 5.41 Å². The molecule has 34 heavy (non-hydrogen) atoms. The number of fused-ring (bicyclic) bond motifs is 3. The van der Waals surface area contributed by atoms with E-state index in [-0.39, 0.29) is 37.9 Å². The van der Waals surface area contributed by atoms with Crippen LogP contribution in [0, 0.1) is 5.41 Å². The normalized spacial score (nSPS) is 19.9. The Hall–Kier alpha value is -3.39. The fraction of sp³-hybridized carbons (Fsp3) is 0.423. The lowest BCUT2D eigenvalue weighted by atomic mass is 9.90. The number of benzene rings is 2. The van der Waals surface area contributed by atoms with E-state index in [1.807, 2.05) is 24.3 Å². The Kier molecular flexibility index (Phi) is 6.88. The lowest BCUT2D eigenvalue weighted by Gasteiger charge is -2.24. The molecule has 1 aliphatic carbocycles. The second kappa shape index (κ2) is 9.85. The number of nitrogens with zero attached hydrogens (tertiary/aromatic N) is 1. The Morgan fingerprint density at radius 2 is 1.74 bits per heavy atom. The third-order valence-corrected chi connectivity index (χ3v) is 6.88. The van der Waals surface area contributed by atoms with Crippen molar-refractivity contribution in [1.82, 2.24) is 10.2 Å². The van der Waals surface area contributed by atoms with E-state index in [0.29, 0.717) is 13.0 Å². The summed E-state index contributed by atoms with van der Waals surface area (Å²) >= 11 is 0. The van der Waals surface area contributed by atoms with Crippen molar-refractivity contribution in [3.05, 3.63) is 59.7 Å². The highest BCUT2D eigenvalue weighted by atomic mass is 16.5. The maximum Gasteiger partial charge on any atom is 0.407 e. The molecule has 0 bridgehead atoms. The highest BCUT2D eigenvalue weighted by molar-refractivity contribution is 5.83. The Balaban J connectivity index is 1.27. The molecule has 0 spiro atoms. The molecule has 1 fully saturated rings. The molecule has 2 atom stereocenters. The number of likely N-dealkylation sites (tertiary alicyclic amines) is 1. The average molecular weight is 467 g/mol. The summed E-state index contributed by atoms with van der Waals surface area (Å²) < 4.78 is 10.8. The molecule has 1 heterocycles. The first-order chi connectivity index (χ1) is 16.3. The van der Waals surface area contributed by atoms with Crippen molar-refractivity contribution in [2.75, 3.05) is 33.4 Å². The minimum atomic E-state index is -0.937. The highest BCUT2D eigenvalue weighted by Crippen LogP contribution is 2.44. The van der Waals surface area contributed by atoms with Crippen LogP contribution < -0.4 is 5.32 Å². The molecule has 4 rings (SSSR count). The van der Waals surface area contributed by atoms with Crippen molar-refractivity contribution in [2.45, 2.75) is 31.8 Å². The fourth-order valence-corrected chi connectivity index (χ4v) is 4.82. The molecular formula is C26H30N2O6. The van der Waals surface area contributed by atoms with Crippen molar-refractivity contribution < 1.29 is 29.0 Å². The van der Waals surface area contributed by atoms with Crippen LogP contribution in [0.5, 0.6) is 0 Å². The van der Waals surface area contributed by atoms with Crippen LogP contribution in [0.2, 0.25) is 0 Å². The number of hydrogen-bond acceptors (Lipinski definition) is 5. The number of alkyl carbamates (subject to hydrolysis) is 1. The van der Waals surface area contributed by atoms with Crippen LogP contribution in [-0.2, 0) is 19.1 Å². The Morgan fingerprint density at radius 1 is 1.12 bits per heavy atom. The van der Waals surface area contributed by atoms with Gasteiger partial charge in [-0.2, -0.15) is 0 Å². The predicted octanol–water partition coefficient (Wildman–Crippen LogP) is 3.25. The van der Waals surface area contributed by atoms with Crippen molar-refractivity contribution >= 4 is 18.0 Å².